The molecule has 0 rings (SSSR count). The number of carbonyl (C=O) groups is 1. The number of esters is 1. The highest BCUT2D eigenvalue weighted by molar-refractivity contribution is 6.75. The zero-order valence-electron chi connectivity index (χ0n) is 8.19. The van der Waals surface area contributed by atoms with Crippen molar-refractivity contribution in [3.63, 3.8) is 0 Å². The van der Waals surface area contributed by atoms with Gasteiger partial charge in [0.15, 0.2) is 0 Å². The second kappa shape index (κ2) is 7.61. The molecule has 0 spiro atoms. The van der Waals surface area contributed by atoms with Gasteiger partial charge in [-0.25, -0.2) is 4.79 Å². The van der Waals surface area contributed by atoms with Crippen molar-refractivity contribution in [3.8, 4) is 0 Å². The molecular weight excluding hydrogens is 246 g/mol. The predicted octanol–water partition coefficient (Wildman–Crippen LogP) is 3.87. The van der Waals surface area contributed by atoms with E-state index in [0.29, 0.717) is 6.61 Å². The first-order chi connectivity index (χ1) is 6.48. The van der Waals surface area contributed by atoms with Crippen LogP contribution in [0.5, 0.6) is 0 Å². The molecule has 0 unspecified atom stereocenters. The second-order valence-corrected chi connectivity index (χ2v) is 5.33. The Morgan fingerprint density at radius 1 is 1.14 bits per heavy atom. The summed E-state index contributed by atoms with van der Waals surface area (Å²) in [6.07, 6.45) is 5.42. The molecule has 0 aliphatic heterocycles. The molecule has 0 saturated carbocycles. The average molecular weight is 262 g/mol. The number of unbranched alkanes of at least 4 members (excludes halogenated alkanes) is 4. The minimum Gasteiger partial charge on any atom is -0.463 e. The monoisotopic (exact) mass is 260 g/mol. The Morgan fingerprint density at radius 2 is 1.71 bits per heavy atom. The fourth-order valence-corrected chi connectivity index (χ4v) is 1.12. The molecule has 5 heteroatoms. The molecule has 14 heavy (non-hydrogen) atoms. The maximum atomic E-state index is 10.9. The lowest BCUT2D eigenvalue weighted by Gasteiger charge is -2.09. The van der Waals surface area contributed by atoms with Gasteiger partial charge in [-0.2, -0.15) is 0 Å². The van der Waals surface area contributed by atoms with Crippen LogP contribution in [0.4, 0.5) is 0 Å². The Balaban J connectivity index is 3.33. The Labute approximate surface area is 99.8 Å². The largest absolute Gasteiger partial charge is 0.463 e. The topological polar surface area (TPSA) is 26.3 Å². The van der Waals surface area contributed by atoms with Crippen LogP contribution < -0.4 is 0 Å². The van der Waals surface area contributed by atoms with Crippen molar-refractivity contribution in [1.82, 2.24) is 0 Å². The summed E-state index contributed by atoms with van der Waals surface area (Å²) in [5.41, 5.74) is 0. The van der Waals surface area contributed by atoms with E-state index in [4.69, 9.17) is 39.5 Å². The van der Waals surface area contributed by atoms with Crippen molar-refractivity contribution < 1.29 is 9.53 Å². The fourth-order valence-electron chi connectivity index (χ4n) is 0.952. The van der Waals surface area contributed by atoms with Crippen molar-refractivity contribution in [1.29, 1.82) is 0 Å². The van der Waals surface area contributed by atoms with Gasteiger partial charge in [0, 0.05) is 0 Å². The maximum Gasteiger partial charge on any atom is 0.358 e. The van der Waals surface area contributed by atoms with Gasteiger partial charge in [-0.1, -0.05) is 67.4 Å². The van der Waals surface area contributed by atoms with Gasteiger partial charge in [0.2, 0.25) is 0 Å². The van der Waals surface area contributed by atoms with Gasteiger partial charge in [-0.05, 0) is 6.42 Å². The molecule has 0 atom stereocenters. The Hall–Kier alpha value is 0.340. The molecule has 0 amide bonds. The quantitative estimate of drug-likeness (QED) is 0.412. The minimum absolute atomic E-state index is 0.330. The van der Waals surface area contributed by atoms with E-state index in [1.807, 2.05) is 0 Å². The molecule has 0 aliphatic carbocycles. The first-order valence-corrected chi connectivity index (χ1v) is 5.85. The fraction of sp³-hybridized carbons (Fsp3) is 0.889. The van der Waals surface area contributed by atoms with Crippen molar-refractivity contribution in [2.24, 2.45) is 0 Å². The number of hydrogen-bond donors (Lipinski definition) is 0. The highest BCUT2D eigenvalue weighted by atomic mass is 35.6. The number of halogens is 3. The zero-order chi connectivity index (χ0) is 11.0. The summed E-state index contributed by atoms with van der Waals surface area (Å²) in [5.74, 6) is -0.794. The molecule has 0 N–H and O–H groups in total. The normalized spacial score (nSPS) is 11.4. The van der Waals surface area contributed by atoms with Gasteiger partial charge in [-0.15, -0.1) is 0 Å². The molecule has 0 aliphatic rings. The van der Waals surface area contributed by atoms with Gasteiger partial charge in [-0.3, -0.25) is 0 Å². The third-order valence-electron chi connectivity index (χ3n) is 1.71. The molecule has 0 aromatic heterocycles. The van der Waals surface area contributed by atoms with Gasteiger partial charge in [0.05, 0.1) is 6.61 Å². The highest BCUT2D eigenvalue weighted by Gasteiger charge is 2.32. The Bertz CT molecular complexity index is 166. The van der Waals surface area contributed by atoms with E-state index in [2.05, 4.69) is 6.92 Å². The highest BCUT2D eigenvalue weighted by Crippen LogP contribution is 2.27. The molecule has 0 aromatic carbocycles. The van der Waals surface area contributed by atoms with E-state index < -0.39 is 9.76 Å². The van der Waals surface area contributed by atoms with Crippen LogP contribution in [0, 0.1) is 0 Å². The minimum atomic E-state index is -1.94. The van der Waals surface area contributed by atoms with Crippen molar-refractivity contribution in [3.05, 3.63) is 0 Å². The summed E-state index contributed by atoms with van der Waals surface area (Å²) in [7, 11) is 0. The lowest BCUT2D eigenvalue weighted by atomic mass is 10.2. The zero-order valence-corrected chi connectivity index (χ0v) is 10.5. The Kier molecular flexibility index (Phi) is 7.79. The Morgan fingerprint density at radius 3 is 2.21 bits per heavy atom. The van der Waals surface area contributed by atoms with Crippen LogP contribution in [0.2, 0.25) is 0 Å². The van der Waals surface area contributed by atoms with Crippen LogP contribution in [0.15, 0.2) is 0 Å². The molecule has 84 valence electrons. The molecule has 2 nitrogen and oxygen atoms in total. The molecule has 0 fully saturated rings. The smallest absolute Gasteiger partial charge is 0.358 e. The van der Waals surface area contributed by atoms with Gasteiger partial charge < -0.3 is 4.74 Å². The summed E-state index contributed by atoms with van der Waals surface area (Å²) < 4.78 is 2.81. The first kappa shape index (κ1) is 14.3. The molecular formula is C9H15Cl3O2. The van der Waals surface area contributed by atoms with E-state index >= 15 is 0 Å². The summed E-state index contributed by atoms with van der Waals surface area (Å²) in [6.45, 7) is 2.47. The first-order valence-electron chi connectivity index (χ1n) is 4.72. The molecule has 0 aromatic rings. The second-order valence-electron chi connectivity index (χ2n) is 3.05. The SMILES string of the molecule is CCCCCCCOC(=O)C(Cl)(Cl)Cl. The predicted molar refractivity (Wildman–Crippen MR) is 60.0 cm³/mol. The number of ether oxygens (including phenoxy) is 1. The van der Waals surface area contributed by atoms with E-state index in [-0.39, 0.29) is 0 Å². The molecule has 0 saturated heterocycles. The lowest BCUT2D eigenvalue weighted by molar-refractivity contribution is -0.142. The van der Waals surface area contributed by atoms with E-state index in [9.17, 15) is 4.79 Å². The number of carbonyl (C=O) groups excluding carboxylic acids is 1. The lowest BCUT2D eigenvalue weighted by Crippen LogP contribution is -2.22. The summed E-state index contributed by atoms with van der Waals surface area (Å²) in [5, 5.41) is 0. The molecule has 0 bridgehead atoms. The van der Waals surface area contributed by atoms with Crippen LogP contribution in [0.25, 0.3) is 0 Å². The number of rotatable bonds is 6. The van der Waals surface area contributed by atoms with Gasteiger partial charge in [0.25, 0.3) is 3.79 Å². The van der Waals surface area contributed by atoms with Crippen LogP contribution in [0.1, 0.15) is 39.0 Å². The number of hydrogen-bond acceptors (Lipinski definition) is 2. The molecule has 0 radical (unpaired) electrons. The standard InChI is InChI=1S/C9H15Cl3O2/c1-2-3-4-5-6-7-14-8(13)9(10,11)12/h2-7H2,1H3. The van der Waals surface area contributed by atoms with Crippen molar-refractivity contribution in [2.45, 2.75) is 42.8 Å². The third-order valence-corrected chi connectivity index (χ3v) is 2.18. The van der Waals surface area contributed by atoms with Crippen molar-refractivity contribution >= 4 is 40.8 Å². The summed E-state index contributed by atoms with van der Waals surface area (Å²) in [6, 6.07) is 0. The van der Waals surface area contributed by atoms with E-state index in [0.717, 1.165) is 19.3 Å². The van der Waals surface area contributed by atoms with E-state index in [1.54, 1.807) is 0 Å². The van der Waals surface area contributed by atoms with Crippen LogP contribution in [0.3, 0.4) is 0 Å². The van der Waals surface area contributed by atoms with E-state index in [1.165, 1.54) is 12.8 Å². The summed E-state index contributed by atoms with van der Waals surface area (Å²) >= 11 is 15.9. The third kappa shape index (κ3) is 7.72. The van der Waals surface area contributed by atoms with Crippen LogP contribution >= 0.6 is 34.8 Å². The molecule has 0 heterocycles. The van der Waals surface area contributed by atoms with Crippen LogP contribution in [-0.2, 0) is 9.53 Å². The summed E-state index contributed by atoms with van der Waals surface area (Å²) in [4.78, 5) is 10.9. The number of alkyl halides is 3. The van der Waals surface area contributed by atoms with Gasteiger partial charge in [0.1, 0.15) is 0 Å². The van der Waals surface area contributed by atoms with Crippen molar-refractivity contribution in [2.75, 3.05) is 6.61 Å². The van der Waals surface area contributed by atoms with Crippen LogP contribution in [-0.4, -0.2) is 16.4 Å². The van der Waals surface area contributed by atoms with Gasteiger partial charge >= 0.3 is 5.97 Å². The average Bonchev–Trinajstić information content (AvgIpc) is 2.09. The maximum absolute atomic E-state index is 10.9.